The van der Waals surface area contributed by atoms with Gasteiger partial charge in [-0.2, -0.15) is 5.26 Å². The summed E-state index contributed by atoms with van der Waals surface area (Å²) in [6, 6.07) is 5.30. The Morgan fingerprint density at radius 1 is 1.50 bits per heavy atom. The fraction of sp³-hybridized carbons (Fsp3) is 0.222. The molecule has 86 valence electrons. The van der Waals surface area contributed by atoms with Crippen LogP contribution in [0.1, 0.15) is 5.56 Å². The number of benzene rings is 1. The zero-order chi connectivity index (χ0) is 12.2. The molecule has 0 aliphatic carbocycles. The Labute approximate surface area is 96.6 Å². The molecule has 0 saturated carbocycles. The largest absolute Gasteiger partial charge is 0.492 e. The van der Waals surface area contributed by atoms with Gasteiger partial charge in [0.15, 0.2) is 0 Å². The lowest BCUT2D eigenvalue weighted by Crippen LogP contribution is -2.08. The van der Waals surface area contributed by atoms with Gasteiger partial charge in [0.25, 0.3) is 0 Å². The van der Waals surface area contributed by atoms with E-state index in [4.69, 9.17) is 20.7 Å². The van der Waals surface area contributed by atoms with Crippen LogP contribution in [0.4, 0.5) is 4.39 Å². The predicted molar refractivity (Wildman–Crippen MR) is 56.2 cm³/mol. The van der Waals surface area contributed by atoms with E-state index in [9.17, 15) is 12.8 Å². The minimum absolute atomic E-state index is 0.0997. The smallest absolute Gasteiger partial charge is 0.235 e. The minimum atomic E-state index is -3.62. The van der Waals surface area contributed by atoms with Crippen LogP contribution in [0.5, 0.6) is 5.75 Å². The maximum absolute atomic E-state index is 13.1. The Hall–Kier alpha value is -1.32. The summed E-state index contributed by atoms with van der Waals surface area (Å²) in [6.45, 7) is -0.169. The molecule has 1 aromatic carbocycles. The molecule has 1 aromatic rings. The van der Waals surface area contributed by atoms with Crippen molar-refractivity contribution in [3.05, 3.63) is 29.6 Å². The van der Waals surface area contributed by atoms with Crippen LogP contribution in [0.3, 0.4) is 0 Å². The van der Waals surface area contributed by atoms with Gasteiger partial charge in [-0.25, -0.2) is 12.8 Å². The monoisotopic (exact) mass is 263 g/mol. The van der Waals surface area contributed by atoms with E-state index in [2.05, 4.69) is 0 Å². The van der Waals surface area contributed by atoms with Crippen LogP contribution >= 0.6 is 10.7 Å². The number of ether oxygens (including phenoxy) is 1. The van der Waals surface area contributed by atoms with Gasteiger partial charge in [-0.1, -0.05) is 0 Å². The van der Waals surface area contributed by atoms with Crippen molar-refractivity contribution >= 4 is 19.7 Å². The maximum Gasteiger partial charge on any atom is 0.235 e. The van der Waals surface area contributed by atoms with Gasteiger partial charge >= 0.3 is 0 Å². The van der Waals surface area contributed by atoms with Crippen molar-refractivity contribution in [2.75, 3.05) is 12.4 Å². The second kappa shape index (κ2) is 5.14. The fourth-order valence-corrected chi connectivity index (χ4v) is 1.41. The van der Waals surface area contributed by atoms with Gasteiger partial charge in [0.1, 0.15) is 24.2 Å². The summed E-state index contributed by atoms with van der Waals surface area (Å²) < 4.78 is 39.1. The number of hydrogen-bond donors (Lipinski definition) is 0. The minimum Gasteiger partial charge on any atom is -0.492 e. The quantitative estimate of drug-likeness (QED) is 0.775. The standard InChI is InChI=1S/C9H7ClFNO3S/c10-16(13,14)4-3-15-8-2-1-7(6-12)9(11)5-8/h1-2,5H,3-4H2. The lowest BCUT2D eigenvalue weighted by molar-refractivity contribution is 0.339. The van der Waals surface area contributed by atoms with Gasteiger partial charge in [-0.15, -0.1) is 0 Å². The van der Waals surface area contributed by atoms with Crippen molar-refractivity contribution in [1.82, 2.24) is 0 Å². The Morgan fingerprint density at radius 3 is 2.69 bits per heavy atom. The van der Waals surface area contributed by atoms with E-state index in [1.54, 1.807) is 6.07 Å². The molecule has 7 heteroatoms. The average Bonchev–Trinajstić information content (AvgIpc) is 2.16. The average molecular weight is 264 g/mol. The normalized spacial score (nSPS) is 10.8. The third-order valence-electron chi connectivity index (χ3n) is 1.66. The lowest BCUT2D eigenvalue weighted by Gasteiger charge is -2.04. The highest BCUT2D eigenvalue weighted by atomic mass is 35.7. The van der Waals surface area contributed by atoms with Crippen molar-refractivity contribution < 1.29 is 17.5 Å². The molecule has 0 radical (unpaired) electrons. The van der Waals surface area contributed by atoms with Crippen LogP contribution in [-0.2, 0) is 9.05 Å². The SMILES string of the molecule is N#Cc1ccc(OCCS(=O)(=O)Cl)cc1F. The molecule has 0 amide bonds. The van der Waals surface area contributed by atoms with E-state index in [0.717, 1.165) is 6.07 Å². The van der Waals surface area contributed by atoms with Crippen molar-refractivity contribution in [2.24, 2.45) is 0 Å². The number of halogens is 2. The molecule has 1 rings (SSSR count). The van der Waals surface area contributed by atoms with Gasteiger partial charge in [0.2, 0.25) is 9.05 Å². The molecular weight excluding hydrogens is 257 g/mol. The van der Waals surface area contributed by atoms with Crippen LogP contribution in [0.25, 0.3) is 0 Å². The Morgan fingerprint density at radius 2 is 2.19 bits per heavy atom. The second-order valence-corrected chi connectivity index (χ2v) is 5.74. The van der Waals surface area contributed by atoms with Gasteiger partial charge in [-0.3, -0.25) is 0 Å². The van der Waals surface area contributed by atoms with Gasteiger partial charge in [-0.05, 0) is 12.1 Å². The summed E-state index contributed by atoms with van der Waals surface area (Å²) in [7, 11) is 1.34. The number of hydrogen-bond acceptors (Lipinski definition) is 4. The first-order chi connectivity index (χ1) is 7.42. The number of nitrogens with zero attached hydrogens (tertiary/aromatic N) is 1. The van der Waals surface area contributed by atoms with E-state index < -0.39 is 14.9 Å². The first kappa shape index (κ1) is 12.7. The summed E-state index contributed by atoms with van der Waals surface area (Å²) in [5.74, 6) is -0.929. The van der Waals surface area contributed by atoms with Crippen molar-refractivity contribution in [2.45, 2.75) is 0 Å². The molecule has 0 bridgehead atoms. The molecule has 4 nitrogen and oxygen atoms in total. The van der Waals surface area contributed by atoms with E-state index in [1.165, 1.54) is 12.1 Å². The Balaban J connectivity index is 2.63. The molecule has 0 aliphatic rings. The first-order valence-corrected chi connectivity index (χ1v) is 6.65. The first-order valence-electron chi connectivity index (χ1n) is 4.17. The van der Waals surface area contributed by atoms with Crippen LogP contribution in [-0.4, -0.2) is 20.8 Å². The molecule has 0 fully saturated rings. The fourth-order valence-electron chi connectivity index (χ4n) is 0.935. The third-order valence-corrected chi connectivity index (χ3v) is 2.77. The highest BCUT2D eigenvalue weighted by Gasteiger charge is 2.07. The molecule has 0 spiro atoms. The predicted octanol–water partition coefficient (Wildman–Crippen LogP) is 1.64. The topological polar surface area (TPSA) is 67.2 Å². The van der Waals surface area contributed by atoms with Crippen LogP contribution < -0.4 is 4.74 Å². The van der Waals surface area contributed by atoms with Crippen molar-refractivity contribution in [3.8, 4) is 11.8 Å². The summed E-state index contributed by atoms with van der Waals surface area (Å²) >= 11 is 0. The Kier molecular flexibility index (Phi) is 4.10. The summed E-state index contributed by atoms with van der Waals surface area (Å²) in [4.78, 5) is 0. The number of rotatable bonds is 4. The Bertz CT molecular complexity index is 524. The van der Waals surface area contributed by atoms with Crippen LogP contribution in [0.15, 0.2) is 18.2 Å². The number of nitriles is 1. The molecule has 0 saturated heterocycles. The molecule has 0 aliphatic heterocycles. The molecule has 0 aromatic heterocycles. The van der Waals surface area contributed by atoms with Gasteiger partial charge in [0, 0.05) is 16.7 Å². The molecular formula is C9H7ClFNO3S. The molecule has 16 heavy (non-hydrogen) atoms. The third kappa shape index (κ3) is 4.04. The van der Waals surface area contributed by atoms with Gasteiger partial charge in [0.05, 0.1) is 11.3 Å². The molecule has 0 unspecified atom stereocenters. The summed E-state index contributed by atoms with van der Waals surface area (Å²) in [5, 5.41) is 8.46. The van der Waals surface area contributed by atoms with E-state index in [1.807, 2.05) is 0 Å². The van der Waals surface area contributed by atoms with Crippen LogP contribution in [0, 0.1) is 17.1 Å². The maximum atomic E-state index is 13.1. The molecule has 0 N–H and O–H groups in total. The lowest BCUT2D eigenvalue weighted by atomic mass is 10.2. The summed E-state index contributed by atoms with van der Waals surface area (Å²) in [5.41, 5.74) is -0.0997. The summed E-state index contributed by atoms with van der Waals surface area (Å²) in [6.07, 6.45) is 0. The highest BCUT2D eigenvalue weighted by molar-refractivity contribution is 8.13. The van der Waals surface area contributed by atoms with E-state index >= 15 is 0 Å². The zero-order valence-electron chi connectivity index (χ0n) is 7.98. The van der Waals surface area contributed by atoms with E-state index in [-0.39, 0.29) is 23.7 Å². The molecule has 0 heterocycles. The van der Waals surface area contributed by atoms with Crippen molar-refractivity contribution in [3.63, 3.8) is 0 Å². The zero-order valence-corrected chi connectivity index (χ0v) is 9.55. The highest BCUT2D eigenvalue weighted by Crippen LogP contribution is 2.16. The van der Waals surface area contributed by atoms with Crippen LogP contribution in [0.2, 0.25) is 0 Å². The van der Waals surface area contributed by atoms with Gasteiger partial charge < -0.3 is 4.74 Å². The molecule has 0 atom stereocenters. The van der Waals surface area contributed by atoms with E-state index in [0.29, 0.717) is 0 Å². The second-order valence-electron chi connectivity index (χ2n) is 2.84. The van der Waals surface area contributed by atoms with Crippen molar-refractivity contribution in [1.29, 1.82) is 5.26 Å².